The quantitative estimate of drug-likeness (QED) is 0.783. The van der Waals surface area contributed by atoms with E-state index in [2.05, 4.69) is 5.32 Å². The molecular weight excluding hydrogens is 234 g/mol. The van der Waals surface area contributed by atoms with Crippen molar-refractivity contribution < 1.29 is 19.1 Å². The van der Waals surface area contributed by atoms with Gasteiger partial charge in [-0.1, -0.05) is 13.8 Å². The van der Waals surface area contributed by atoms with Crippen molar-refractivity contribution in [1.82, 2.24) is 5.32 Å². The van der Waals surface area contributed by atoms with Gasteiger partial charge in [-0.2, -0.15) is 0 Å². The van der Waals surface area contributed by atoms with Gasteiger partial charge in [-0.25, -0.2) is 0 Å². The molecule has 0 aliphatic rings. The van der Waals surface area contributed by atoms with Crippen LogP contribution in [0, 0.1) is 12.8 Å². The second-order valence-corrected chi connectivity index (χ2v) is 5.07. The summed E-state index contributed by atoms with van der Waals surface area (Å²) in [7, 11) is 0. The predicted molar refractivity (Wildman–Crippen MR) is 66.3 cm³/mol. The zero-order valence-corrected chi connectivity index (χ0v) is 11.1. The third-order valence-corrected chi connectivity index (χ3v) is 2.88. The number of carbonyl (C=O) groups excluding carboxylic acids is 1. The van der Waals surface area contributed by atoms with Crippen LogP contribution in [0.3, 0.4) is 0 Å². The number of amides is 1. The number of carboxylic acids is 1. The van der Waals surface area contributed by atoms with Crippen LogP contribution in [-0.2, 0) is 15.0 Å². The maximum atomic E-state index is 11.5. The third-order valence-electron chi connectivity index (χ3n) is 2.88. The molecule has 1 unspecified atom stereocenters. The van der Waals surface area contributed by atoms with E-state index in [1.165, 1.54) is 6.92 Å². The molecule has 0 aliphatic heterocycles. The van der Waals surface area contributed by atoms with Crippen LogP contribution in [0.25, 0.3) is 0 Å². The molecule has 0 aliphatic carbocycles. The first-order chi connectivity index (χ1) is 8.24. The number of aliphatic carboxylic acids is 1. The van der Waals surface area contributed by atoms with Gasteiger partial charge in [0, 0.05) is 12.0 Å². The number of carbonyl (C=O) groups is 2. The number of nitrogens with one attached hydrogen (secondary N) is 1. The van der Waals surface area contributed by atoms with Gasteiger partial charge in [-0.3, -0.25) is 9.59 Å². The molecule has 0 bridgehead atoms. The summed E-state index contributed by atoms with van der Waals surface area (Å²) in [5, 5.41) is 11.4. The monoisotopic (exact) mass is 253 g/mol. The maximum Gasteiger partial charge on any atom is 0.315 e. The molecule has 0 saturated heterocycles. The fraction of sp³-hybridized carbons (Fsp3) is 0.538. The number of hydrogen-bond acceptors (Lipinski definition) is 3. The Morgan fingerprint density at radius 2 is 2.06 bits per heavy atom. The summed E-state index contributed by atoms with van der Waals surface area (Å²) in [6.07, 6.45) is 0. The largest absolute Gasteiger partial charge is 0.481 e. The van der Waals surface area contributed by atoms with Gasteiger partial charge in [0.05, 0.1) is 0 Å². The Balaban J connectivity index is 2.62. The smallest absolute Gasteiger partial charge is 0.315 e. The third kappa shape index (κ3) is 3.35. The lowest BCUT2D eigenvalue weighted by atomic mass is 9.90. The number of rotatable bonds is 5. The van der Waals surface area contributed by atoms with E-state index in [0.717, 1.165) is 11.5 Å². The van der Waals surface area contributed by atoms with E-state index in [1.807, 2.05) is 32.9 Å². The van der Waals surface area contributed by atoms with Gasteiger partial charge in [0.15, 0.2) is 0 Å². The van der Waals surface area contributed by atoms with Crippen LogP contribution in [-0.4, -0.2) is 23.5 Å². The zero-order chi connectivity index (χ0) is 13.9. The summed E-state index contributed by atoms with van der Waals surface area (Å²) in [6, 6.07) is 3.72. The van der Waals surface area contributed by atoms with Crippen molar-refractivity contribution in [3.8, 4) is 0 Å². The Hall–Kier alpha value is -1.78. The van der Waals surface area contributed by atoms with Gasteiger partial charge < -0.3 is 14.8 Å². The summed E-state index contributed by atoms with van der Waals surface area (Å²) in [5.41, 5.74) is -0.373. The molecule has 1 heterocycles. The second kappa shape index (κ2) is 5.25. The van der Waals surface area contributed by atoms with E-state index in [0.29, 0.717) is 6.54 Å². The van der Waals surface area contributed by atoms with Gasteiger partial charge in [0.25, 0.3) is 0 Å². The number of aryl methyl sites for hydroxylation is 1. The molecule has 0 spiro atoms. The van der Waals surface area contributed by atoms with Crippen LogP contribution < -0.4 is 5.32 Å². The molecule has 1 amide bonds. The Kier molecular flexibility index (Phi) is 4.16. The average Bonchev–Trinajstić information content (AvgIpc) is 2.72. The first-order valence-electron chi connectivity index (χ1n) is 5.81. The number of hydrogen-bond donors (Lipinski definition) is 2. The molecule has 2 N–H and O–H groups in total. The average molecular weight is 253 g/mol. The van der Waals surface area contributed by atoms with Crippen molar-refractivity contribution in [1.29, 1.82) is 0 Å². The minimum atomic E-state index is -1.13. The maximum absolute atomic E-state index is 11.5. The summed E-state index contributed by atoms with van der Waals surface area (Å²) >= 11 is 0. The minimum absolute atomic E-state index is 0.330. The highest BCUT2D eigenvalue weighted by atomic mass is 16.4. The van der Waals surface area contributed by atoms with E-state index in [1.54, 1.807) is 0 Å². The van der Waals surface area contributed by atoms with Gasteiger partial charge >= 0.3 is 5.97 Å². The van der Waals surface area contributed by atoms with Gasteiger partial charge in [-0.05, 0) is 26.0 Å². The summed E-state index contributed by atoms with van der Waals surface area (Å²) < 4.78 is 5.52. The highest BCUT2D eigenvalue weighted by molar-refractivity contribution is 5.96. The fourth-order valence-electron chi connectivity index (χ4n) is 1.46. The van der Waals surface area contributed by atoms with Crippen molar-refractivity contribution in [2.75, 3.05) is 6.54 Å². The van der Waals surface area contributed by atoms with Crippen molar-refractivity contribution in [3.05, 3.63) is 23.7 Å². The van der Waals surface area contributed by atoms with E-state index in [-0.39, 0.29) is 5.41 Å². The summed E-state index contributed by atoms with van der Waals surface area (Å²) in [6.45, 7) is 7.40. The van der Waals surface area contributed by atoms with Crippen molar-refractivity contribution >= 4 is 11.9 Å². The SMILES string of the molecule is Cc1ccc(C(C)(C)CNC(=O)C(C)C(=O)O)o1. The van der Waals surface area contributed by atoms with E-state index in [9.17, 15) is 9.59 Å². The molecule has 0 saturated carbocycles. The van der Waals surface area contributed by atoms with E-state index >= 15 is 0 Å². The Labute approximate surface area is 106 Å². The molecule has 100 valence electrons. The van der Waals surface area contributed by atoms with E-state index in [4.69, 9.17) is 9.52 Å². The van der Waals surface area contributed by atoms with Crippen LogP contribution in [0.2, 0.25) is 0 Å². The molecule has 0 radical (unpaired) electrons. The fourth-order valence-corrected chi connectivity index (χ4v) is 1.46. The summed E-state index contributed by atoms with van der Waals surface area (Å²) in [4.78, 5) is 22.2. The van der Waals surface area contributed by atoms with E-state index < -0.39 is 17.8 Å². The minimum Gasteiger partial charge on any atom is -0.481 e. The Morgan fingerprint density at radius 1 is 1.44 bits per heavy atom. The summed E-state index contributed by atoms with van der Waals surface area (Å²) in [5.74, 6) is -1.08. The lowest BCUT2D eigenvalue weighted by molar-refractivity contribution is -0.146. The van der Waals surface area contributed by atoms with Crippen molar-refractivity contribution in [2.24, 2.45) is 5.92 Å². The molecule has 0 fully saturated rings. The molecule has 18 heavy (non-hydrogen) atoms. The molecule has 5 heteroatoms. The highest BCUT2D eigenvalue weighted by Gasteiger charge is 2.27. The molecule has 1 atom stereocenters. The van der Waals surface area contributed by atoms with Crippen molar-refractivity contribution in [3.63, 3.8) is 0 Å². The van der Waals surface area contributed by atoms with Crippen LogP contribution in [0.5, 0.6) is 0 Å². The first kappa shape index (κ1) is 14.3. The van der Waals surface area contributed by atoms with Crippen LogP contribution in [0.4, 0.5) is 0 Å². The molecule has 5 nitrogen and oxygen atoms in total. The molecule has 1 aromatic rings. The molecule has 0 aromatic carbocycles. The first-order valence-corrected chi connectivity index (χ1v) is 5.81. The number of furan rings is 1. The predicted octanol–water partition coefficient (Wildman–Crippen LogP) is 1.70. The molecule has 1 aromatic heterocycles. The van der Waals surface area contributed by atoms with Gasteiger partial charge in [0.1, 0.15) is 17.4 Å². The molecular formula is C13H19NO4. The number of carboxylic acid groups (broad SMARTS) is 1. The Morgan fingerprint density at radius 3 is 2.50 bits per heavy atom. The topological polar surface area (TPSA) is 79.5 Å². The second-order valence-electron chi connectivity index (χ2n) is 5.07. The zero-order valence-electron chi connectivity index (χ0n) is 11.1. The van der Waals surface area contributed by atoms with Gasteiger partial charge in [0.2, 0.25) is 5.91 Å². The Bertz CT molecular complexity index is 448. The van der Waals surface area contributed by atoms with Crippen LogP contribution in [0.15, 0.2) is 16.5 Å². The lowest BCUT2D eigenvalue weighted by Gasteiger charge is -2.23. The van der Waals surface area contributed by atoms with Crippen LogP contribution >= 0.6 is 0 Å². The highest BCUT2D eigenvalue weighted by Crippen LogP contribution is 2.24. The lowest BCUT2D eigenvalue weighted by Crippen LogP contribution is -2.40. The van der Waals surface area contributed by atoms with Gasteiger partial charge in [-0.15, -0.1) is 0 Å². The normalized spacial score (nSPS) is 13.1. The molecule has 1 rings (SSSR count). The van der Waals surface area contributed by atoms with Crippen LogP contribution in [0.1, 0.15) is 32.3 Å². The standard InChI is InChI=1S/C13H19NO4/c1-8-5-6-10(18-8)13(3,4)7-14-11(15)9(2)12(16)17/h5-6,9H,7H2,1-4H3,(H,14,15)(H,16,17). The van der Waals surface area contributed by atoms with Crippen molar-refractivity contribution in [2.45, 2.75) is 33.1 Å².